The van der Waals surface area contributed by atoms with E-state index in [4.69, 9.17) is 9.84 Å². The molecule has 1 aromatic rings. The first kappa shape index (κ1) is 16.5. The molecule has 0 bridgehead atoms. The van der Waals surface area contributed by atoms with E-state index in [1.54, 1.807) is 0 Å². The molecule has 1 saturated carbocycles. The first-order valence-electron chi connectivity index (χ1n) is 8.36. The molecule has 0 radical (unpaired) electrons. The van der Waals surface area contributed by atoms with Crippen LogP contribution in [-0.2, 0) is 14.4 Å². The Morgan fingerprint density at radius 1 is 1.04 bits per heavy atom. The van der Waals surface area contributed by atoms with Crippen LogP contribution in [0.15, 0.2) is 24.3 Å². The Bertz CT molecular complexity index is 631. The molecule has 2 amide bonds. The molecule has 1 atom stereocenters. The van der Waals surface area contributed by atoms with Gasteiger partial charge < -0.3 is 9.84 Å². The molecular formula is C18H21NO5. The fourth-order valence-electron chi connectivity index (χ4n) is 3.41. The number of hydrogen-bond donors (Lipinski definition) is 2. The van der Waals surface area contributed by atoms with Crippen molar-refractivity contribution in [3.63, 3.8) is 0 Å². The fraction of sp³-hybridized carbons (Fsp3) is 0.500. The molecule has 6 nitrogen and oxygen atoms in total. The lowest BCUT2D eigenvalue weighted by molar-refractivity contribution is -0.143. The van der Waals surface area contributed by atoms with E-state index in [9.17, 15) is 14.4 Å². The number of nitrogens with one attached hydrogen (secondary N) is 1. The normalized spacial score (nSPS) is 27.4. The van der Waals surface area contributed by atoms with Gasteiger partial charge in [-0.25, -0.2) is 0 Å². The number of rotatable bonds is 4. The Morgan fingerprint density at radius 2 is 1.71 bits per heavy atom. The molecule has 1 saturated heterocycles. The molecule has 2 aliphatic rings. The number of hydrogen-bond acceptors (Lipinski definition) is 4. The van der Waals surface area contributed by atoms with Gasteiger partial charge in [-0.2, -0.15) is 0 Å². The van der Waals surface area contributed by atoms with Crippen molar-refractivity contribution >= 4 is 17.8 Å². The maximum absolute atomic E-state index is 11.9. The fourth-order valence-corrected chi connectivity index (χ4v) is 3.41. The molecular weight excluding hydrogens is 310 g/mol. The molecule has 128 valence electrons. The standard InChI is InChI=1S/C18H21NO5/c20-16-10-9-15(17(21)19-16)11-1-5-13(6-2-11)24-14-7-3-12(4-8-14)18(22)23/h1-2,5-6,12,14-15H,3-4,7-10H2,(H,22,23)(H,19,20,21). The summed E-state index contributed by atoms with van der Waals surface area (Å²) in [6, 6.07) is 7.39. The third kappa shape index (κ3) is 3.75. The zero-order valence-corrected chi connectivity index (χ0v) is 13.4. The van der Waals surface area contributed by atoms with Crippen LogP contribution in [0, 0.1) is 5.92 Å². The minimum atomic E-state index is -0.720. The van der Waals surface area contributed by atoms with E-state index in [0.717, 1.165) is 24.2 Å². The maximum Gasteiger partial charge on any atom is 0.306 e. The number of carbonyl (C=O) groups is 3. The molecule has 2 fully saturated rings. The largest absolute Gasteiger partial charge is 0.490 e. The van der Waals surface area contributed by atoms with Gasteiger partial charge in [-0.1, -0.05) is 12.1 Å². The van der Waals surface area contributed by atoms with E-state index in [2.05, 4.69) is 5.32 Å². The molecule has 2 N–H and O–H groups in total. The number of carboxylic acids is 1. The molecule has 1 unspecified atom stereocenters. The maximum atomic E-state index is 11.9. The van der Waals surface area contributed by atoms with Crippen LogP contribution in [0.1, 0.15) is 50.0 Å². The van der Waals surface area contributed by atoms with Crippen LogP contribution in [0.4, 0.5) is 0 Å². The average Bonchev–Trinajstić information content (AvgIpc) is 2.56. The zero-order valence-electron chi connectivity index (χ0n) is 13.4. The lowest BCUT2D eigenvalue weighted by Gasteiger charge is -2.27. The molecule has 24 heavy (non-hydrogen) atoms. The van der Waals surface area contributed by atoms with Crippen molar-refractivity contribution in [1.29, 1.82) is 0 Å². The van der Waals surface area contributed by atoms with Gasteiger partial charge in [0.05, 0.1) is 17.9 Å². The monoisotopic (exact) mass is 331 g/mol. The van der Waals surface area contributed by atoms with Crippen molar-refractivity contribution in [2.75, 3.05) is 0 Å². The SMILES string of the molecule is O=C1CCC(c2ccc(OC3CCC(C(=O)O)CC3)cc2)C(=O)N1. The number of carboxylic acid groups (broad SMARTS) is 1. The third-order valence-corrected chi connectivity index (χ3v) is 4.85. The van der Waals surface area contributed by atoms with Crippen LogP contribution < -0.4 is 10.1 Å². The lowest BCUT2D eigenvalue weighted by atomic mass is 9.87. The molecule has 1 aliphatic heterocycles. The van der Waals surface area contributed by atoms with Crippen molar-refractivity contribution in [1.82, 2.24) is 5.32 Å². The summed E-state index contributed by atoms with van der Waals surface area (Å²) < 4.78 is 5.92. The van der Waals surface area contributed by atoms with Crippen molar-refractivity contribution in [2.45, 2.75) is 50.5 Å². The van der Waals surface area contributed by atoms with E-state index >= 15 is 0 Å². The van der Waals surface area contributed by atoms with E-state index in [0.29, 0.717) is 25.7 Å². The Hall–Kier alpha value is -2.37. The Morgan fingerprint density at radius 3 is 2.29 bits per heavy atom. The van der Waals surface area contributed by atoms with Crippen molar-refractivity contribution in [2.24, 2.45) is 5.92 Å². The van der Waals surface area contributed by atoms with Crippen LogP contribution in [-0.4, -0.2) is 29.0 Å². The van der Waals surface area contributed by atoms with Gasteiger partial charge in [-0.3, -0.25) is 19.7 Å². The second-order valence-electron chi connectivity index (χ2n) is 6.50. The summed E-state index contributed by atoms with van der Waals surface area (Å²) in [5.41, 5.74) is 0.877. The molecule has 1 aliphatic carbocycles. The van der Waals surface area contributed by atoms with Crippen LogP contribution in [0.3, 0.4) is 0 Å². The summed E-state index contributed by atoms with van der Waals surface area (Å²) >= 11 is 0. The van der Waals surface area contributed by atoms with E-state index in [-0.39, 0.29) is 29.8 Å². The smallest absolute Gasteiger partial charge is 0.306 e. The highest BCUT2D eigenvalue weighted by Gasteiger charge is 2.29. The van der Waals surface area contributed by atoms with Crippen molar-refractivity contribution in [3.8, 4) is 5.75 Å². The van der Waals surface area contributed by atoms with Gasteiger partial charge in [-0.05, 0) is 49.8 Å². The second-order valence-corrected chi connectivity index (χ2v) is 6.50. The van der Waals surface area contributed by atoms with E-state index in [1.807, 2.05) is 24.3 Å². The van der Waals surface area contributed by atoms with E-state index < -0.39 is 5.97 Å². The molecule has 0 aromatic heterocycles. The minimum absolute atomic E-state index is 0.0436. The molecule has 6 heteroatoms. The Labute approximate surface area is 140 Å². The van der Waals surface area contributed by atoms with Gasteiger partial charge in [0.25, 0.3) is 0 Å². The van der Waals surface area contributed by atoms with Gasteiger partial charge in [0.2, 0.25) is 11.8 Å². The van der Waals surface area contributed by atoms with E-state index in [1.165, 1.54) is 0 Å². The summed E-state index contributed by atoms with van der Waals surface area (Å²) in [7, 11) is 0. The number of aliphatic carboxylic acids is 1. The topological polar surface area (TPSA) is 92.7 Å². The van der Waals surface area contributed by atoms with Gasteiger partial charge in [0, 0.05) is 6.42 Å². The summed E-state index contributed by atoms with van der Waals surface area (Å²) in [6.45, 7) is 0. The quantitative estimate of drug-likeness (QED) is 0.825. The Kier molecular flexibility index (Phi) is 4.83. The second kappa shape index (κ2) is 7.03. The van der Waals surface area contributed by atoms with Gasteiger partial charge in [0.15, 0.2) is 0 Å². The van der Waals surface area contributed by atoms with Crippen LogP contribution >= 0.6 is 0 Å². The summed E-state index contributed by atoms with van der Waals surface area (Å²) in [5.74, 6) is -0.991. The molecule has 3 rings (SSSR count). The predicted octanol–water partition coefficient (Wildman–Crippen LogP) is 2.23. The van der Waals surface area contributed by atoms with Gasteiger partial charge >= 0.3 is 5.97 Å². The number of imide groups is 1. The summed E-state index contributed by atoms with van der Waals surface area (Å²) in [4.78, 5) is 34.0. The number of benzene rings is 1. The van der Waals surface area contributed by atoms with Crippen molar-refractivity contribution in [3.05, 3.63) is 29.8 Å². The average molecular weight is 331 g/mol. The highest BCUT2D eigenvalue weighted by molar-refractivity contribution is 6.00. The molecule has 1 heterocycles. The number of ether oxygens (including phenoxy) is 1. The zero-order chi connectivity index (χ0) is 17.1. The molecule has 1 aromatic carbocycles. The highest BCUT2D eigenvalue weighted by atomic mass is 16.5. The highest BCUT2D eigenvalue weighted by Crippen LogP contribution is 2.30. The van der Waals surface area contributed by atoms with Gasteiger partial charge in [0.1, 0.15) is 5.75 Å². The number of carbonyl (C=O) groups excluding carboxylic acids is 2. The van der Waals surface area contributed by atoms with Crippen molar-refractivity contribution < 1.29 is 24.2 Å². The first-order valence-corrected chi connectivity index (χ1v) is 8.36. The van der Waals surface area contributed by atoms with Crippen LogP contribution in [0.5, 0.6) is 5.75 Å². The van der Waals surface area contributed by atoms with Crippen LogP contribution in [0.2, 0.25) is 0 Å². The first-order chi connectivity index (χ1) is 11.5. The van der Waals surface area contributed by atoms with Gasteiger partial charge in [-0.15, -0.1) is 0 Å². The summed E-state index contributed by atoms with van der Waals surface area (Å²) in [5, 5.41) is 11.4. The lowest BCUT2D eigenvalue weighted by Crippen LogP contribution is -2.39. The van der Waals surface area contributed by atoms with Crippen LogP contribution in [0.25, 0.3) is 0 Å². The Balaban J connectivity index is 1.56. The third-order valence-electron chi connectivity index (χ3n) is 4.85. The number of piperidine rings is 1. The summed E-state index contributed by atoms with van der Waals surface area (Å²) in [6.07, 6.45) is 3.72. The molecule has 0 spiro atoms. The minimum Gasteiger partial charge on any atom is -0.490 e. The predicted molar refractivity (Wildman–Crippen MR) is 85.6 cm³/mol. The number of amides is 2.